The number of anilines is 1. The molecule has 0 spiro atoms. The number of nitrogen functional groups attached to an aromatic ring is 1. The molecule has 0 aliphatic carbocycles. The van der Waals surface area contributed by atoms with Crippen molar-refractivity contribution >= 4 is 27.4 Å². The van der Waals surface area contributed by atoms with Gasteiger partial charge in [0, 0.05) is 21.3 Å². The fourth-order valence-corrected chi connectivity index (χ4v) is 2.13. The minimum absolute atomic E-state index is 0.0157. The monoisotopic (exact) mass is 289 g/mol. The highest BCUT2D eigenvalue weighted by molar-refractivity contribution is 9.10. The lowest BCUT2D eigenvalue weighted by atomic mass is 10.0. The second-order valence-corrected chi connectivity index (χ2v) is 4.88. The van der Waals surface area contributed by atoms with E-state index in [-0.39, 0.29) is 5.78 Å². The highest BCUT2D eigenvalue weighted by Gasteiger charge is 2.09. The Morgan fingerprint density at radius 2 is 1.71 bits per heavy atom. The Kier molecular flexibility index (Phi) is 3.29. The average molecular weight is 290 g/mol. The quantitative estimate of drug-likeness (QED) is 0.678. The van der Waals surface area contributed by atoms with Crippen molar-refractivity contribution in [2.45, 2.75) is 6.92 Å². The zero-order valence-corrected chi connectivity index (χ0v) is 11.0. The van der Waals surface area contributed by atoms with Crippen LogP contribution < -0.4 is 5.73 Å². The molecule has 2 nitrogen and oxygen atoms in total. The van der Waals surface area contributed by atoms with Gasteiger partial charge < -0.3 is 5.73 Å². The molecule has 0 aliphatic heterocycles. The average Bonchev–Trinajstić information content (AvgIpc) is 2.28. The van der Waals surface area contributed by atoms with E-state index < -0.39 is 0 Å². The second-order valence-electron chi connectivity index (χ2n) is 3.97. The van der Waals surface area contributed by atoms with E-state index >= 15 is 0 Å². The maximum Gasteiger partial charge on any atom is 0.193 e. The van der Waals surface area contributed by atoms with Crippen LogP contribution in [-0.2, 0) is 0 Å². The summed E-state index contributed by atoms with van der Waals surface area (Å²) in [7, 11) is 0. The summed E-state index contributed by atoms with van der Waals surface area (Å²) in [5, 5.41) is 0. The summed E-state index contributed by atoms with van der Waals surface area (Å²) in [6.45, 7) is 1.99. The molecule has 2 aromatic carbocycles. The molecule has 2 rings (SSSR count). The highest BCUT2D eigenvalue weighted by Crippen LogP contribution is 2.20. The van der Waals surface area contributed by atoms with E-state index in [4.69, 9.17) is 5.73 Å². The van der Waals surface area contributed by atoms with Gasteiger partial charge in [-0.05, 0) is 25.1 Å². The number of benzene rings is 2. The summed E-state index contributed by atoms with van der Waals surface area (Å²) >= 11 is 3.33. The van der Waals surface area contributed by atoms with Crippen molar-refractivity contribution in [3.05, 3.63) is 63.6 Å². The van der Waals surface area contributed by atoms with Gasteiger partial charge in [-0.1, -0.05) is 45.8 Å². The van der Waals surface area contributed by atoms with E-state index in [1.165, 1.54) is 0 Å². The molecule has 0 radical (unpaired) electrons. The SMILES string of the molecule is Cc1ccc(C(=O)c2cc(N)cc(Br)c2)cc1. The van der Waals surface area contributed by atoms with Crippen LogP contribution in [0.15, 0.2) is 46.9 Å². The molecular formula is C14H12BrNO. The number of hydrogen-bond acceptors (Lipinski definition) is 2. The zero-order chi connectivity index (χ0) is 12.4. The molecule has 0 saturated heterocycles. The molecule has 0 atom stereocenters. The van der Waals surface area contributed by atoms with Crippen molar-refractivity contribution in [2.24, 2.45) is 0 Å². The van der Waals surface area contributed by atoms with Crippen LogP contribution >= 0.6 is 15.9 Å². The van der Waals surface area contributed by atoms with Gasteiger partial charge in [-0.15, -0.1) is 0 Å². The van der Waals surface area contributed by atoms with Crippen molar-refractivity contribution in [3.63, 3.8) is 0 Å². The van der Waals surface area contributed by atoms with Crippen molar-refractivity contribution in [1.29, 1.82) is 0 Å². The molecule has 86 valence electrons. The third-order valence-corrected chi connectivity index (χ3v) is 2.95. The lowest BCUT2D eigenvalue weighted by Gasteiger charge is -2.04. The summed E-state index contributed by atoms with van der Waals surface area (Å²) in [6, 6.07) is 12.7. The largest absolute Gasteiger partial charge is 0.399 e. The van der Waals surface area contributed by atoms with Crippen LogP contribution in [0.1, 0.15) is 21.5 Å². The lowest BCUT2D eigenvalue weighted by molar-refractivity contribution is 0.103. The van der Waals surface area contributed by atoms with Gasteiger partial charge >= 0.3 is 0 Å². The second kappa shape index (κ2) is 4.72. The van der Waals surface area contributed by atoms with E-state index in [9.17, 15) is 4.79 Å². The number of carbonyl (C=O) groups excluding carboxylic acids is 1. The van der Waals surface area contributed by atoms with Crippen molar-refractivity contribution in [2.75, 3.05) is 5.73 Å². The number of hydrogen-bond donors (Lipinski definition) is 1. The van der Waals surface area contributed by atoms with E-state index in [0.29, 0.717) is 16.8 Å². The van der Waals surface area contributed by atoms with Crippen LogP contribution in [0.5, 0.6) is 0 Å². The van der Waals surface area contributed by atoms with Crippen LogP contribution in [0.25, 0.3) is 0 Å². The fourth-order valence-electron chi connectivity index (χ4n) is 1.62. The number of halogens is 1. The van der Waals surface area contributed by atoms with Crippen molar-refractivity contribution in [1.82, 2.24) is 0 Å². The molecule has 0 aliphatic rings. The maximum absolute atomic E-state index is 12.2. The summed E-state index contributed by atoms with van der Waals surface area (Å²) in [5.41, 5.74) is 8.70. The van der Waals surface area contributed by atoms with Crippen LogP contribution in [0.2, 0.25) is 0 Å². The van der Waals surface area contributed by atoms with E-state index in [2.05, 4.69) is 15.9 Å². The molecule has 0 bridgehead atoms. The molecule has 0 aromatic heterocycles. The Hall–Kier alpha value is -1.61. The molecule has 0 fully saturated rings. The van der Waals surface area contributed by atoms with Crippen molar-refractivity contribution in [3.8, 4) is 0 Å². The van der Waals surface area contributed by atoms with Crippen LogP contribution in [0, 0.1) is 6.92 Å². The first-order chi connectivity index (χ1) is 8.06. The zero-order valence-electron chi connectivity index (χ0n) is 9.41. The van der Waals surface area contributed by atoms with E-state index in [1.54, 1.807) is 18.2 Å². The predicted octanol–water partition coefficient (Wildman–Crippen LogP) is 3.57. The Morgan fingerprint density at radius 1 is 1.06 bits per heavy atom. The van der Waals surface area contributed by atoms with E-state index in [0.717, 1.165) is 10.0 Å². The van der Waals surface area contributed by atoms with Gasteiger partial charge in [-0.3, -0.25) is 4.79 Å². The van der Waals surface area contributed by atoms with Crippen LogP contribution in [0.4, 0.5) is 5.69 Å². The molecule has 2 N–H and O–H groups in total. The summed E-state index contributed by atoms with van der Waals surface area (Å²) in [4.78, 5) is 12.2. The van der Waals surface area contributed by atoms with E-state index in [1.807, 2.05) is 31.2 Å². The van der Waals surface area contributed by atoms with Gasteiger partial charge in [0.15, 0.2) is 5.78 Å². The topological polar surface area (TPSA) is 43.1 Å². The van der Waals surface area contributed by atoms with Gasteiger partial charge in [-0.25, -0.2) is 0 Å². The Balaban J connectivity index is 2.40. The van der Waals surface area contributed by atoms with Crippen LogP contribution in [0.3, 0.4) is 0 Å². The first-order valence-corrected chi connectivity index (χ1v) is 6.03. The number of nitrogens with two attached hydrogens (primary N) is 1. The summed E-state index contributed by atoms with van der Waals surface area (Å²) in [5.74, 6) is -0.0157. The van der Waals surface area contributed by atoms with Crippen molar-refractivity contribution < 1.29 is 4.79 Å². The van der Waals surface area contributed by atoms with Gasteiger partial charge in [0.2, 0.25) is 0 Å². The molecular weight excluding hydrogens is 278 g/mol. The standard InChI is InChI=1S/C14H12BrNO/c1-9-2-4-10(5-3-9)14(17)11-6-12(15)8-13(16)7-11/h2-8H,16H2,1H3. The molecule has 3 heteroatoms. The summed E-state index contributed by atoms with van der Waals surface area (Å²) in [6.07, 6.45) is 0. The molecule has 0 heterocycles. The Labute approximate surface area is 109 Å². The summed E-state index contributed by atoms with van der Waals surface area (Å²) < 4.78 is 0.813. The number of ketones is 1. The molecule has 0 saturated carbocycles. The molecule has 0 unspecified atom stereocenters. The third-order valence-electron chi connectivity index (χ3n) is 2.50. The van der Waals surface area contributed by atoms with Gasteiger partial charge in [0.1, 0.15) is 0 Å². The lowest BCUT2D eigenvalue weighted by Crippen LogP contribution is -2.02. The Bertz CT molecular complexity index is 541. The first kappa shape index (κ1) is 11.9. The fraction of sp³-hybridized carbons (Fsp3) is 0.0714. The minimum Gasteiger partial charge on any atom is -0.399 e. The maximum atomic E-state index is 12.2. The Morgan fingerprint density at radius 3 is 2.29 bits per heavy atom. The number of aryl methyl sites for hydroxylation is 1. The normalized spacial score (nSPS) is 10.2. The first-order valence-electron chi connectivity index (χ1n) is 5.24. The smallest absolute Gasteiger partial charge is 0.193 e. The minimum atomic E-state index is -0.0157. The predicted molar refractivity (Wildman–Crippen MR) is 73.2 cm³/mol. The highest BCUT2D eigenvalue weighted by atomic mass is 79.9. The molecule has 17 heavy (non-hydrogen) atoms. The molecule has 2 aromatic rings. The number of carbonyl (C=O) groups is 1. The van der Waals surface area contributed by atoms with Gasteiger partial charge in [0.25, 0.3) is 0 Å². The number of rotatable bonds is 2. The third kappa shape index (κ3) is 2.74. The van der Waals surface area contributed by atoms with Crippen LogP contribution in [-0.4, -0.2) is 5.78 Å². The molecule has 0 amide bonds. The van der Waals surface area contributed by atoms with Gasteiger partial charge in [0.05, 0.1) is 0 Å². The van der Waals surface area contributed by atoms with Gasteiger partial charge in [-0.2, -0.15) is 0 Å².